The van der Waals surface area contributed by atoms with Crippen molar-refractivity contribution in [1.82, 2.24) is 9.55 Å². The summed E-state index contributed by atoms with van der Waals surface area (Å²) < 4.78 is 1.16. The molecule has 19 heavy (non-hydrogen) atoms. The molecule has 0 saturated carbocycles. The Labute approximate surface area is 118 Å². The summed E-state index contributed by atoms with van der Waals surface area (Å²) in [5.41, 5.74) is -0.601. The average molecular weight is 297 g/mol. The van der Waals surface area contributed by atoms with Crippen molar-refractivity contribution in [3.05, 3.63) is 50.0 Å². The highest BCUT2D eigenvalue weighted by Crippen LogP contribution is 2.22. The fraction of sp³-hybridized carbons (Fsp3) is 0.0833. The molecule has 98 valence electrons. The fourth-order valence-corrected chi connectivity index (χ4v) is 2.17. The maximum atomic E-state index is 11.6. The number of H-pyrrole nitrogens is 1. The lowest BCUT2D eigenvalue weighted by atomic mass is 10.2. The number of nitrogens with zero attached hydrogens (tertiary/aromatic N) is 1. The number of carbonyl (C=O) groups is 1. The number of aromatic amines is 1. The van der Waals surface area contributed by atoms with Gasteiger partial charge in [-0.05, 0) is 37.3 Å². The number of aromatic nitrogens is 2. The van der Waals surface area contributed by atoms with Crippen LogP contribution in [0.5, 0.6) is 5.88 Å². The van der Waals surface area contributed by atoms with Crippen LogP contribution in [0, 0.1) is 4.77 Å². The van der Waals surface area contributed by atoms with Crippen molar-refractivity contribution in [2.45, 2.75) is 6.92 Å². The van der Waals surface area contributed by atoms with Crippen LogP contribution in [0.3, 0.4) is 0 Å². The van der Waals surface area contributed by atoms with Gasteiger partial charge in [0.05, 0.1) is 5.69 Å². The van der Waals surface area contributed by atoms with Crippen LogP contribution in [0.15, 0.2) is 29.1 Å². The van der Waals surface area contributed by atoms with Gasteiger partial charge in [0.25, 0.3) is 5.56 Å². The molecule has 0 atom stereocenters. The van der Waals surface area contributed by atoms with Crippen LogP contribution in [0.4, 0.5) is 0 Å². The van der Waals surface area contributed by atoms with Gasteiger partial charge in [-0.25, -0.2) is 0 Å². The van der Waals surface area contributed by atoms with Crippen molar-refractivity contribution in [2.24, 2.45) is 0 Å². The highest BCUT2D eigenvalue weighted by atomic mass is 35.5. The van der Waals surface area contributed by atoms with Gasteiger partial charge in [0.1, 0.15) is 5.56 Å². The second kappa shape index (κ2) is 4.99. The normalized spacial score (nSPS) is 10.4. The summed E-state index contributed by atoms with van der Waals surface area (Å²) in [7, 11) is 0. The van der Waals surface area contributed by atoms with E-state index in [9.17, 15) is 14.7 Å². The van der Waals surface area contributed by atoms with Gasteiger partial charge >= 0.3 is 0 Å². The molecule has 0 aliphatic rings. The number of Topliss-reactive ketones (excluding diaryl/α,β-unsaturated/α-hetero) is 1. The summed E-state index contributed by atoms with van der Waals surface area (Å²) >= 11 is 10.9. The number of benzene rings is 1. The van der Waals surface area contributed by atoms with Crippen LogP contribution in [0.1, 0.15) is 17.3 Å². The molecule has 2 N–H and O–H groups in total. The Kier molecular flexibility index (Phi) is 3.55. The molecule has 7 heteroatoms. The second-order valence-electron chi connectivity index (χ2n) is 3.83. The van der Waals surface area contributed by atoms with E-state index in [1.807, 2.05) is 0 Å². The van der Waals surface area contributed by atoms with E-state index in [1.54, 1.807) is 24.3 Å². The molecule has 0 aliphatic carbocycles. The predicted molar refractivity (Wildman–Crippen MR) is 73.9 cm³/mol. The van der Waals surface area contributed by atoms with Crippen LogP contribution >= 0.6 is 23.8 Å². The third kappa shape index (κ3) is 2.45. The smallest absolute Gasteiger partial charge is 0.266 e. The minimum atomic E-state index is -0.715. The summed E-state index contributed by atoms with van der Waals surface area (Å²) in [5.74, 6) is -1.05. The SMILES string of the molecule is CC(=O)c1c(O)n(-c2cccc(Cl)c2)c(=S)[nH]c1=O. The van der Waals surface area contributed by atoms with Gasteiger partial charge in [-0.1, -0.05) is 17.7 Å². The Hall–Kier alpha value is -1.92. The first-order chi connectivity index (χ1) is 8.91. The molecule has 1 aromatic heterocycles. The summed E-state index contributed by atoms with van der Waals surface area (Å²) in [4.78, 5) is 25.4. The number of aromatic hydroxyl groups is 1. The third-order valence-electron chi connectivity index (χ3n) is 2.50. The molecule has 1 heterocycles. The maximum Gasteiger partial charge on any atom is 0.266 e. The molecular formula is C12H9ClN2O3S. The first-order valence-corrected chi connectivity index (χ1v) is 6.05. The monoisotopic (exact) mass is 296 g/mol. The quantitative estimate of drug-likeness (QED) is 0.659. The zero-order chi connectivity index (χ0) is 14.2. The highest BCUT2D eigenvalue weighted by Gasteiger charge is 2.17. The van der Waals surface area contributed by atoms with E-state index in [-0.39, 0.29) is 10.3 Å². The molecule has 0 unspecified atom stereocenters. The summed E-state index contributed by atoms with van der Waals surface area (Å²) in [5, 5.41) is 10.5. The Bertz CT molecular complexity index is 779. The predicted octanol–water partition coefficient (Wildman–Crippen LogP) is 2.46. The number of rotatable bonds is 2. The molecule has 0 radical (unpaired) electrons. The molecule has 2 rings (SSSR count). The first kappa shape index (κ1) is 13.5. The zero-order valence-corrected chi connectivity index (χ0v) is 11.4. The molecule has 0 fully saturated rings. The molecule has 0 aliphatic heterocycles. The fourth-order valence-electron chi connectivity index (χ4n) is 1.70. The minimum absolute atomic E-state index is 0.0187. The van der Waals surface area contributed by atoms with Crippen molar-refractivity contribution in [1.29, 1.82) is 0 Å². The first-order valence-electron chi connectivity index (χ1n) is 5.27. The lowest BCUT2D eigenvalue weighted by Gasteiger charge is -2.11. The van der Waals surface area contributed by atoms with Crippen LogP contribution < -0.4 is 5.56 Å². The maximum absolute atomic E-state index is 11.6. The minimum Gasteiger partial charge on any atom is -0.493 e. The summed E-state index contributed by atoms with van der Waals surface area (Å²) in [6, 6.07) is 6.52. The molecule has 2 aromatic rings. The number of hydrogen-bond acceptors (Lipinski definition) is 4. The van der Waals surface area contributed by atoms with E-state index in [0.717, 1.165) is 0 Å². The van der Waals surface area contributed by atoms with Crippen LogP contribution in [0.2, 0.25) is 5.02 Å². The number of carbonyl (C=O) groups excluding carboxylic acids is 1. The largest absolute Gasteiger partial charge is 0.493 e. The molecule has 0 bridgehead atoms. The Morgan fingerprint density at radius 1 is 1.47 bits per heavy atom. The number of ketones is 1. The van der Waals surface area contributed by atoms with Crippen molar-refractivity contribution >= 4 is 29.6 Å². The van der Waals surface area contributed by atoms with Crippen molar-refractivity contribution in [3.8, 4) is 11.6 Å². The van der Waals surface area contributed by atoms with Crippen LogP contribution in [0.25, 0.3) is 5.69 Å². The summed E-state index contributed by atoms with van der Waals surface area (Å²) in [6.07, 6.45) is 0. The lowest BCUT2D eigenvalue weighted by molar-refractivity contribution is 0.101. The van der Waals surface area contributed by atoms with Gasteiger partial charge in [0.2, 0.25) is 5.88 Å². The third-order valence-corrected chi connectivity index (χ3v) is 3.02. The highest BCUT2D eigenvalue weighted by molar-refractivity contribution is 7.71. The Morgan fingerprint density at radius 3 is 2.74 bits per heavy atom. The van der Waals surface area contributed by atoms with Crippen LogP contribution in [-0.2, 0) is 0 Å². The molecule has 5 nitrogen and oxygen atoms in total. The van der Waals surface area contributed by atoms with E-state index in [2.05, 4.69) is 4.98 Å². The van der Waals surface area contributed by atoms with Crippen molar-refractivity contribution < 1.29 is 9.90 Å². The number of halogens is 1. The van der Waals surface area contributed by atoms with E-state index in [4.69, 9.17) is 23.8 Å². The van der Waals surface area contributed by atoms with Gasteiger partial charge in [-0.15, -0.1) is 0 Å². The lowest BCUT2D eigenvalue weighted by Crippen LogP contribution is -2.20. The van der Waals surface area contributed by atoms with Crippen LogP contribution in [-0.4, -0.2) is 20.4 Å². The van der Waals surface area contributed by atoms with E-state index >= 15 is 0 Å². The second-order valence-corrected chi connectivity index (χ2v) is 4.65. The van der Waals surface area contributed by atoms with Gasteiger partial charge < -0.3 is 5.11 Å². The van der Waals surface area contributed by atoms with Crippen molar-refractivity contribution in [3.63, 3.8) is 0 Å². The molecule has 0 saturated heterocycles. The molecule has 0 spiro atoms. The van der Waals surface area contributed by atoms with E-state index in [1.165, 1.54) is 11.5 Å². The number of hydrogen-bond donors (Lipinski definition) is 2. The van der Waals surface area contributed by atoms with E-state index in [0.29, 0.717) is 10.7 Å². The van der Waals surface area contributed by atoms with Gasteiger partial charge in [-0.2, -0.15) is 0 Å². The van der Waals surface area contributed by atoms with Gasteiger partial charge in [0, 0.05) is 5.02 Å². The Balaban J connectivity index is 2.85. The Morgan fingerprint density at radius 2 is 2.16 bits per heavy atom. The zero-order valence-electron chi connectivity index (χ0n) is 9.81. The average Bonchev–Trinajstić information content (AvgIpc) is 2.27. The van der Waals surface area contributed by atoms with Crippen molar-refractivity contribution in [2.75, 3.05) is 0 Å². The van der Waals surface area contributed by atoms with Gasteiger partial charge in [0.15, 0.2) is 10.6 Å². The van der Waals surface area contributed by atoms with Gasteiger partial charge in [-0.3, -0.25) is 19.1 Å². The topological polar surface area (TPSA) is 75.1 Å². The standard InChI is InChI=1S/C12H9ClN2O3S/c1-6(16)9-10(17)14-12(19)15(11(9)18)8-4-2-3-7(13)5-8/h2-5,18H,1H3,(H,14,17,19). The summed E-state index contributed by atoms with van der Waals surface area (Å²) in [6.45, 7) is 1.19. The van der Waals surface area contributed by atoms with E-state index < -0.39 is 17.2 Å². The number of nitrogens with one attached hydrogen (secondary N) is 1. The molecule has 1 aromatic carbocycles. The molecule has 0 amide bonds. The molecular weight excluding hydrogens is 288 g/mol.